The molecular weight excluding hydrogens is 411 g/mol. The van der Waals surface area contributed by atoms with E-state index < -0.39 is 29.8 Å². The van der Waals surface area contributed by atoms with E-state index in [0.29, 0.717) is 16.9 Å². The summed E-state index contributed by atoms with van der Waals surface area (Å²) in [6, 6.07) is 14.6. The quantitative estimate of drug-likeness (QED) is 0.271. The largest absolute Gasteiger partial charge is 0.288 e. The van der Waals surface area contributed by atoms with E-state index in [-0.39, 0.29) is 4.90 Å². The number of rotatable bonds is 6. The van der Waals surface area contributed by atoms with Gasteiger partial charge in [-0.3, -0.25) is 10.0 Å². The molecular formula is C20H21FN2O4SSi. The van der Waals surface area contributed by atoms with Crippen molar-refractivity contribution in [3.63, 3.8) is 0 Å². The molecule has 1 aromatic heterocycles. The van der Waals surface area contributed by atoms with Crippen LogP contribution in [0.2, 0.25) is 19.1 Å². The van der Waals surface area contributed by atoms with Gasteiger partial charge in [-0.05, 0) is 30.3 Å². The normalized spacial score (nSPS) is 12.6. The number of allylic oxidation sites excluding steroid dienone is 1. The second kappa shape index (κ2) is 7.94. The average molecular weight is 433 g/mol. The minimum absolute atomic E-state index is 0.386. The summed E-state index contributed by atoms with van der Waals surface area (Å²) < 4.78 is 42.5. The van der Waals surface area contributed by atoms with Gasteiger partial charge in [-0.15, -0.1) is 0 Å². The topological polar surface area (TPSA) is 88.4 Å². The maximum Gasteiger partial charge on any atom is 0.270 e. The van der Waals surface area contributed by atoms with Crippen molar-refractivity contribution in [2.75, 3.05) is 0 Å². The molecule has 0 radical (unpaired) electrons. The molecule has 152 valence electrons. The number of halogens is 1. The van der Waals surface area contributed by atoms with Gasteiger partial charge < -0.3 is 0 Å². The number of benzene rings is 2. The highest BCUT2D eigenvalue weighted by molar-refractivity contribution is 7.90. The predicted octanol–water partition coefficient (Wildman–Crippen LogP) is 2.99. The molecule has 6 nitrogen and oxygen atoms in total. The minimum Gasteiger partial charge on any atom is -0.288 e. The monoisotopic (exact) mass is 432 g/mol. The zero-order valence-corrected chi connectivity index (χ0v) is 17.8. The molecule has 3 rings (SSSR count). The van der Waals surface area contributed by atoms with E-state index in [0.717, 1.165) is 11.5 Å². The lowest BCUT2D eigenvalue weighted by atomic mass is 10.3. The summed E-state index contributed by atoms with van der Waals surface area (Å²) in [6.07, 6.45) is 2.81. The Kier molecular flexibility index (Phi) is 5.74. The van der Waals surface area contributed by atoms with Gasteiger partial charge in [0.25, 0.3) is 15.9 Å². The van der Waals surface area contributed by atoms with Gasteiger partial charge >= 0.3 is 0 Å². The van der Waals surface area contributed by atoms with Gasteiger partial charge in [0.2, 0.25) is 0 Å². The Morgan fingerprint density at radius 1 is 1.17 bits per heavy atom. The van der Waals surface area contributed by atoms with E-state index in [1.807, 2.05) is 31.3 Å². The van der Waals surface area contributed by atoms with Crippen LogP contribution in [0.15, 0.2) is 71.6 Å². The third-order valence-corrected chi connectivity index (χ3v) is 9.66. The Bertz CT molecular complexity index is 1200. The van der Waals surface area contributed by atoms with Crippen LogP contribution in [0, 0.1) is 5.82 Å². The summed E-state index contributed by atoms with van der Waals surface area (Å²) in [5.74, 6) is -1.47. The maximum atomic E-state index is 14.4. The van der Waals surface area contributed by atoms with Crippen LogP contribution >= 0.6 is 0 Å². The first kappa shape index (κ1) is 21.0. The van der Waals surface area contributed by atoms with Crippen LogP contribution < -0.4 is 10.8 Å². The van der Waals surface area contributed by atoms with Crippen molar-refractivity contribution >= 4 is 40.2 Å². The fraction of sp³-hybridized carbons (Fsp3) is 0.150. The molecule has 1 heterocycles. The summed E-state index contributed by atoms with van der Waals surface area (Å²) in [5.41, 5.74) is 2.00. The Hall–Kier alpha value is -2.75. The summed E-state index contributed by atoms with van der Waals surface area (Å²) in [6.45, 7) is 3.94. The lowest BCUT2D eigenvalue weighted by molar-refractivity contribution is -0.124. The smallest absolute Gasteiger partial charge is 0.270 e. The lowest BCUT2D eigenvalue weighted by Gasteiger charge is -2.23. The van der Waals surface area contributed by atoms with Gasteiger partial charge in [0.15, 0.2) is 0 Å². The molecule has 3 aromatic rings. The fourth-order valence-corrected chi connectivity index (χ4v) is 7.95. The molecule has 0 atom stereocenters. The van der Waals surface area contributed by atoms with E-state index in [1.165, 1.54) is 33.7 Å². The minimum atomic E-state index is -4.18. The van der Waals surface area contributed by atoms with E-state index in [2.05, 4.69) is 0 Å². The molecule has 0 aliphatic carbocycles. The van der Waals surface area contributed by atoms with Gasteiger partial charge in [0.05, 0.1) is 5.52 Å². The molecule has 0 bridgehead atoms. The second-order valence-electron chi connectivity index (χ2n) is 7.25. The van der Waals surface area contributed by atoms with Crippen LogP contribution in [0.25, 0.3) is 10.9 Å². The van der Waals surface area contributed by atoms with Crippen molar-refractivity contribution < 1.29 is 22.8 Å². The van der Waals surface area contributed by atoms with E-state index in [4.69, 9.17) is 5.21 Å². The Morgan fingerprint density at radius 2 is 1.83 bits per heavy atom. The number of para-hydroxylation sites is 1. The third kappa shape index (κ3) is 4.02. The van der Waals surface area contributed by atoms with Crippen molar-refractivity contribution in [3.05, 3.63) is 72.6 Å². The first-order valence-electron chi connectivity index (χ1n) is 8.90. The highest BCUT2D eigenvalue weighted by Gasteiger charge is 2.33. The lowest BCUT2D eigenvalue weighted by Crippen LogP contribution is -2.47. The Balaban J connectivity index is 2.21. The van der Waals surface area contributed by atoms with Crippen molar-refractivity contribution in [1.82, 2.24) is 9.45 Å². The maximum absolute atomic E-state index is 14.4. The Labute approximate surface area is 169 Å². The third-order valence-electron chi connectivity index (χ3n) is 4.72. The van der Waals surface area contributed by atoms with Gasteiger partial charge in [-0.2, -0.15) is 0 Å². The zero-order chi connectivity index (χ0) is 21.2. The van der Waals surface area contributed by atoms with Crippen molar-refractivity contribution in [1.29, 1.82) is 0 Å². The van der Waals surface area contributed by atoms with E-state index >= 15 is 0 Å². The molecule has 0 saturated carbocycles. The molecule has 0 spiro atoms. The molecule has 1 amide bonds. The number of nitrogens with one attached hydrogen (secondary N) is 1. The van der Waals surface area contributed by atoms with Gasteiger partial charge in [-0.25, -0.2) is 22.3 Å². The fourth-order valence-electron chi connectivity index (χ4n) is 3.21. The van der Waals surface area contributed by atoms with Crippen LogP contribution in [0.3, 0.4) is 0 Å². The molecule has 0 aliphatic rings. The van der Waals surface area contributed by atoms with E-state index in [9.17, 15) is 17.6 Å². The standard InChI is InChI=1S/C20H21FN2O4SSi/c1-29(2,13-7-12-19(24)22-25)20-14-15-8-3-5-10-17(15)23(20)28(26,27)18-11-6-4-9-16(18)21/h3-12,14,25H,13H2,1-2H3,(H,22,24)/b12-7+. The average Bonchev–Trinajstić information content (AvgIpc) is 3.09. The summed E-state index contributed by atoms with van der Waals surface area (Å²) in [5, 5.41) is 9.95. The second-order valence-corrected chi connectivity index (χ2v) is 13.7. The van der Waals surface area contributed by atoms with E-state index in [1.54, 1.807) is 18.2 Å². The Morgan fingerprint density at radius 3 is 2.52 bits per heavy atom. The number of carbonyl (C=O) groups is 1. The number of hydrogen-bond donors (Lipinski definition) is 2. The highest BCUT2D eigenvalue weighted by Crippen LogP contribution is 2.26. The van der Waals surface area contributed by atoms with Crippen molar-refractivity contribution in [2.45, 2.75) is 24.0 Å². The number of carbonyl (C=O) groups excluding carboxylic acids is 1. The summed E-state index contributed by atoms with van der Waals surface area (Å²) in [4.78, 5) is 10.9. The van der Waals surface area contributed by atoms with Crippen LogP contribution in [-0.4, -0.2) is 31.6 Å². The number of amides is 1. The summed E-state index contributed by atoms with van der Waals surface area (Å²) in [7, 11) is -6.61. The van der Waals surface area contributed by atoms with Gasteiger partial charge in [-0.1, -0.05) is 49.5 Å². The van der Waals surface area contributed by atoms with Crippen LogP contribution in [0.5, 0.6) is 0 Å². The zero-order valence-electron chi connectivity index (χ0n) is 16.0. The molecule has 2 aromatic carbocycles. The molecule has 9 heteroatoms. The van der Waals surface area contributed by atoms with Crippen LogP contribution in [-0.2, 0) is 14.8 Å². The molecule has 0 fully saturated rings. The van der Waals surface area contributed by atoms with Crippen molar-refractivity contribution in [3.8, 4) is 0 Å². The molecule has 0 aliphatic heterocycles. The number of aromatic nitrogens is 1. The number of hydroxylamine groups is 1. The first-order valence-corrected chi connectivity index (χ1v) is 13.5. The number of fused-ring (bicyclic) bond motifs is 1. The van der Waals surface area contributed by atoms with Crippen LogP contribution in [0.1, 0.15) is 0 Å². The van der Waals surface area contributed by atoms with Crippen LogP contribution in [0.4, 0.5) is 4.39 Å². The summed E-state index contributed by atoms with van der Waals surface area (Å²) >= 11 is 0. The highest BCUT2D eigenvalue weighted by atomic mass is 32.2. The number of hydrogen-bond acceptors (Lipinski definition) is 4. The van der Waals surface area contributed by atoms with Crippen molar-refractivity contribution in [2.24, 2.45) is 0 Å². The molecule has 0 saturated heterocycles. The molecule has 29 heavy (non-hydrogen) atoms. The predicted molar refractivity (Wildman–Crippen MR) is 112 cm³/mol. The van der Waals surface area contributed by atoms with Gasteiger partial charge in [0, 0.05) is 16.8 Å². The molecule has 0 unspecified atom stereocenters. The molecule has 2 N–H and O–H groups in total. The SMILES string of the molecule is C[Si](C)(C/C=C/C(=O)NO)c1cc2ccccc2n1S(=O)(=O)c1ccccc1F. The van der Waals surface area contributed by atoms with Gasteiger partial charge in [0.1, 0.15) is 18.8 Å². The first-order chi connectivity index (χ1) is 13.7. The number of nitrogens with zero attached hydrogens (tertiary/aromatic N) is 1.